The lowest BCUT2D eigenvalue weighted by Gasteiger charge is -2.26. The van der Waals surface area contributed by atoms with E-state index in [-0.39, 0.29) is 30.4 Å². The molecule has 1 saturated heterocycles. The number of halogens is 1. The average Bonchev–Trinajstić information content (AvgIpc) is 2.60. The van der Waals surface area contributed by atoms with Gasteiger partial charge in [-0.05, 0) is 31.0 Å². The molecule has 1 aromatic carbocycles. The van der Waals surface area contributed by atoms with Gasteiger partial charge in [-0.15, -0.1) is 12.4 Å². The second kappa shape index (κ2) is 9.71. The monoisotopic (exact) mass is 390 g/mol. The lowest BCUT2D eigenvalue weighted by Crippen LogP contribution is -2.36. The van der Waals surface area contributed by atoms with Crippen molar-refractivity contribution in [2.75, 3.05) is 31.5 Å². The number of amides is 2. The Morgan fingerprint density at radius 2 is 1.80 bits per heavy atom. The van der Waals surface area contributed by atoms with Crippen LogP contribution in [0.3, 0.4) is 0 Å². The summed E-state index contributed by atoms with van der Waals surface area (Å²) >= 11 is 0. The van der Waals surface area contributed by atoms with Gasteiger partial charge in [0.15, 0.2) is 0 Å². The van der Waals surface area contributed by atoms with Gasteiger partial charge >= 0.3 is 0 Å². The average molecular weight is 391 g/mol. The van der Waals surface area contributed by atoms with Crippen molar-refractivity contribution in [3.05, 3.63) is 24.3 Å². The van der Waals surface area contributed by atoms with Crippen LogP contribution in [-0.4, -0.2) is 50.7 Å². The van der Waals surface area contributed by atoms with Crippen molar-refractivity contribution in [2.24, 2.45) is 5.73 Å². The Hall–Kier alpha value is -1.68. The van der Waals surface area contributed by atoms with Crippen LogP contribution in [0.1, 0.15) is 19.3 Å². The number of hydrogen-bond donors (Lipinski definition) is 3. The van der Waals surface area contributed by atoms with Gasteiger partial charge in [-0.1, -0.05) is 12.5 Å². The summed E-state index contributed by atoms with van der Waals surface area (Å²) in [6.07, 6.45) is 2.75. The van der Waals surface area contributed by atoms with Crippen LogP contribution in [0.2, 0.25) is 0 Å². The van der Waals surface area contributed by atoms with Crippen molar-refractivity contribution in [3.63, 3.8) is 0 Å². The Labute approximate surface area is 153 Å². The first-order valence-electron chi connectivity index (χ1n) is 7.80. The first-order chi connectivity index (χ1) is 11.4. The van der Waals surface area contributed by atoms with Crippen LogP contribution in [0, 0.1) is 0 Å². The molecule has 0 aliphatic carbocycles. The Morgan fingerprint density at radius 3 is 2.44 bits per heavy atom. The van der Waals surface area contributed by atoms with E-state index in [1.807, 2.05) is 0 Å². The van der Waals surface area contributed by atoms with Crippen molar-refractivity contribution < 1.29 is 18.0 Å². The van der Waals surface area contributed by atoms with E-state index in [1.54, 1.807) is 12.1 Å². The highest BCUT2D eigenvalue weighted by atomic mass is 35.5. The number of rotatable bonds is 6. The third kappa shape index (κ3) is 5.96. The highest BCUT2D eigenvalue weighted by Crippen LogP contribution is 2.22. The van der Waals surface area contributed by atoms with E-state index in [2.05, 4.69) is 10.6 Å². The van der Waals surface area contributed by atoms with Crippen molar-refractivity contribution >= 4 is 39.9 Å². The fourth-order valence-corrected chi connectivity index (χ4v) is 4.01. The second-order valence-corrected chi connectivity index (χ2v) is 7.46. The Morgan fingerprint density at radius 1 is 1.12 bits per heavy atom. The molecule has 0 unspecified atom stereocenters. The molecular weight excluding hydrogens is 368 g/mol. The normalized spacial score (nSPS) is 15.1. The Balaban J connectivity index is 0.00000312. The van der Waals surface area contributed by atoms with E-state index in [4.69, 9.17) is 5.73 Å². The maximum Gasteiger partial charge on any atom is 0.243 e. The fourth-order valence-electron chi connectivity index (χ4n) is 2.44. The van der Waals surface area contributed by atoms with E-state index in [0.29, 0.717) is 18.8 Å². The van der Waals surface area contributed by atoms with Crippen molar-refractivity contribution in [1.29, 1.82) is 0 Å². The quantitative estimate of drug-likeness (QED) is 0.644. The third-order valence-electron chi connectivity index (χ3n) is 3.70. The molecule has 1 fully saturated rings. The lowest BCUT2D eigenvalue weighted by atomic mass is 10.2. The highest BCUT2D eigenvalue weighted by Gasteiger charge is 2.26. The summed E-state index contributed by atoms with van der Waals surface area (Å²) in [6, 6.07) is 6.10. The molecule has 0 saturated carbocycles. The number of piperidine rings is 1. The van der Waals surface area contributed by atoms with Gasteiger partial charge in [0.05, 0.1) is 18.0 Å². The molecular formula is C15H23ClN4O4S. The number of hydrogen-bond acceptors (Lipinski definition) is 5. The van der Waals surface area contributed by atoms with Crippen molar-refractivity contribution in [2.45, 2.75) is 24.2 Å². The number of nitrogens with two attached hydrogens (primary N) is 1. The lowest BCUT2D eigenvalue weighted by molar-refractivity contribution is -0.123. The first kappa shape index (κ1) is 21.4. The van der Waals surface area contributed by atoms with E-state index >= 15 is 0 Å². The van der Waals surface area contributed by atoms with Crippen molar-refractivity contribution in [1.82, 2.24) is 9.62 Å². The predicted octanol–water partition coefficient (Wildman–Crippen LogP) is 0.296. The molecule has 140 valence electrons. The summed E-state index contributed by atoms with van der Waals surface area (Å²) in [5.74, 6) is -0.893. The molecule has 0 aromatic heterocycles. The predicted molar refractivity (Wildman–Crippen MR) is 97.0 cm³/mol. The van der Waals surface area contributed by atoms with Crippen LogP contribution in [0.4, 0.5) is 5.69 Å². The number of carbonyl (C=O) groups is 2. The number of carbonyl (C=O) groups excluding carboxylic acids is 2. The standard InChI is InChI=1S/C15H22N4O4S.ClH/c16-10-14(20)17-11-15(21)18-12-5-4-6-13(9-12)24(22,23)19-7-2-1-3-8-19;/h4-6,9H,1-3,7-8,10-11,16H2,(H,17,20)(H,18,21);1H. The molecule has 8 nitrogen and oxygen atoms in total. The van der Waals surface area contributed by atoms with Gasteiger partial charge in [0.2, 0.25) is 21.8 Å². The van der Waals surface area contributed by atoms with Gasteiger partial charge in [0.1, 0.15) is 0 Å². The number of benzene rings is 1. The van der Waals surface area contributed by atoms with Gasteiger partial charge in [0.25, 0.3) is 0 Å². The van der Waals surface area contributed by atoms with Crippen LogP contribution >= 0.6 is 12.4 Å². The molecule has 0 bridgehead atoms. The summed E-state index contributed by atoms with van der Waals surface area (Å²) in [5.41, 5.74) is 5.50. The van der Waals surface area contributed by atoms with Gasteiger partial charge in [-0.2, -0.15) is 4.31 Å². The van der Waals surface area contributed by atoms with Gasteiger partial charge in [0, 0.05) is 18.8 Å². The van der Waals surface area contributed by atoms with Crippen molar-refractivity contribution in [3.8, 4) is 0 Å². The largest absolute Gasteiger partial charge is 0.346 e. The zero-order valence-corrected chi connectivity index (χ0v) is 15.4. The van der Waals surface area contributed by atoms with E-state index in [1.165, 1.54) is 16.4 Å². The Bertz CT molecular complexity index is 705. The van der Waals surface area contributed by atoms with E-state index in [9.17, 15) is 18.0 Å². The van der Waals surface area contributed by atoms with E-state index in [0.717, 1.165) is 19.3 Å². The zero-order valence-electron chi connectivity index (χ0n) is 13.7. The molecule has 25 heavy (non-hydrogen) atoms. The molecule has 2 rings (SSSR count). The van der Waals surface area contributed by atoms with Gasteiger partial charge in [-0.3, -0.25) is 9.59 Å². The minimum atomic E-state index is -3.55. The maximum atomic E-state index is 12.6. The molecule has 1 aliphatic rings. The number of anilines is 1. The number of sulfonamides is 1. The molecule has 1 aromatic rings. The molecule has 0 spiro atoms. The molecule has 1 heterocycles. The molecule has 4 N–H and O–H groups in total. The highest BCUT2D eigenvalue weighted by molar-refractivity contribution is 7.89. The molecule has 0 radical (unpaired) electrons. The SMILES string of the molecule is Cl.NCC(=O)NCC(=O)Nc1cccc(S(=O)(=O)N2CCCCC2)c1. The Kier molecular flexibility index (Phi) is 8.30. The molecule has 10 heteroatoms. The molecule has 0 atom stereocenters. The summed E-state index contributed by atoms with van der Waals surface area (Å²) in [6.45, 7) is 0.615. The zero-order chi connectivity index (χ0) is 17.6. The van der Waals surface area contributed by atoms with Crippen LogP contribution in [0.5, 0.6) is 0 Å². The maximum absolute atomic E-state index is 12.6. The third-order valence-corrected chi connectivity index (χ3v) is 5.60. The van der Waals surface area contributed by atoms with E-state index < -0.39 is 21.8 Å². The van der Waals surface area contributed by atoms with Crippen LogP contribution in [0.25, 0.3) is 0 Å². The summed E-state index contributed by atoms with van der Waals surface area (Å²) in [7, 11) is -3.55. The topological polar surface area (TPSA) is 122 Å². The summed E-state index contributed by atoms with van der Waals surface area (Å²) < 4.78 is 26.7. The fraction of sp³-hybridized carbons (Fsp3) is 0.467. The van der Waals surface area contributed by atoms with Crippen LogP contribution in [-0.2, 0) is 19.6 Å². The molecule has 1 aliphatic heterocycles. The minimum absolute atomic E-state index is 0. The van der Waals surface area contributed by atoms with Crippen LogP contribution < -0.4 is 16.4 Å². The summed E-state index contributed by atoms with van der Waals surface area (Å²) in [4.78, 5) is 22.9. The number of nitrogens with one attached hydrogen (secondary N) is 2. The van der Waals surface area contributed by atoms with Gasteiger partial charge < -0.3 is 16.4 Å². The first-order valence-corrected chi connectivity index (χ1v) is 9.24. The van der Waals surface area contributed by atoms with Crippen LogP contribution in [0.15, 0.2) is 29.2 Å². The minimum Gasteiger partial charge on any atom is -0.346 e. The second-order valence-electron chi connectivity index (χ2n) is 5.52. The number of nitrogens with zero attached hydrogens (tertiary/aromatic N) is 1. The summed E-state index contributed by atoms with van der Waals surface area (Å²) in [5, 5.41) is 4.91. The smallest absolute Gasteiger partial charge is 0.243 e. The molecule has 2 amide bonds. The van der Waals surface area contributed by atoms with Gasteiger partial charge in [-0.25, -0.2) is 8.42 Å².